The number of hydrogen-bond donors (Lipinski definition) is 4. The number of aliphatic hydroxyl groups excluding tert-OH is 2. The van der Waals surface area contributed by atoms with E-state index in [0.717, 1.165) is 36.1 Å². The zero-order chi connectivity index (χ0) is 36.3. The molecular weight excluding hydrogens is 632 g/mol. The van der Waals surface area contributed by atoms with Crippen molar-refractivity contribution in [2.45, 2.75) is 90.8 Å². The minimum atomic E-state index is -0.881. The van der Waals surface area contributed by atoms with Crippen molar-refractivity contribution in [1.82, 2.24) is 20.6 Å². The van der Waals surface area contributed by atoms with Crippen molar-refractivity contribution in [3.05, 3.63) is 53.6 Å². The van der Waals surface area contributed by atoms with E-state index in [9.17, 15) is 19.8 Å². The highest BCUT2D eigenvalue weighted by atomic mass is 16.7. The molecule has 4 N–H and O–H groups in total. The van der Waals surface area contributed by atoms with Gasteiger partial charge in [-0.05, 0) is 86.6 Å². The lowest BCUT2D eigenvalue weighted by Gasteiger charge is -2.86. The van der Waals surface area contributed by atoms with E-state index in [-0.39, 0.29) is 36.5 Å². The summed E-state index contributed by atoms with van der Waals surface area (Å²) in [6.45, 7) is 13.6. The molecule has 4 aliphatic rings. The van der Waals surface area contributed by atoms with Crippen LogP contribution in [0.15, 0.2) is 42.5 Å². The molecule has 3 aliphatic carbocycles. The van der Waals surface area contributed by atoms with E-state index in [1.807, 2.05) is 56.6 Å². The topological polar surface area (TPSA) is 124 Å². The molecule has 1 saturated heterocycles. The highest BCUT2D eigenvalue weighted by Crippen LogP contribution is 2.81. The first kappa shape index (κ1) is 36.8. The number of para-hydroxylation sites is 1. The second kappa shape index (κ2) is 13.8. The quantitative estimate of drug-likeness (QED) is 0.231. The van der Waals surface area contributed by atoms with Crippen LogP contribution in [0.2, 0.25) is 0 Å². The molecule has 10 nitrogen and oxygen atoms in total. The van der Waals surface area contributed by atoms with E-state index < -0.39 is 24.2 Å². The van der Waals surface area contributed by atoms with Gasteiger partial charge < -0.3 is 30.5 Å². The molecule has 10 heteroatoms. The number of aliphatic hydroxyl groups is 2. The zero-order valence-corrected chi connectivity index (χ0v) is 31.3. The van der Waals surface area contributed by atoms with Crippen LogP contribution in [-0.4, -0.2) is 96.2 Å². The fourth-order valence-corrected chi connectivity index (χ4v) is 10.4. The molecule has 50 heavy (non-hydrogen) atoms. The second-order valence-electron chi connectivity index (χ2n) is 16.8. The smallest absolute Gasteiger partial charge is 0.251 e. The summed E-state index contributed by atoms with van der Waals surface area (Å²) in [5.41, 5.74) is 3.09. The molecule has 2 amide bonds. The molecule has 0 radical (unpaired) electrons. The lowest BCUT2D eigenvalue weighted by atomic mass is 9.21. The van der Waals surface area contributed by atoms with Crippen molar-refractivity contribution >= 4 is 11.8 Å². The van der Waals surface area contributed by atoms with Gasteiger partial charge in [0, 0.05) is 40.7 Å². The summed E-state index contributed by atoms with van der Waals surface area (Å²) in [4.78, 5) is 36.1. The Morgan fingerprint density at radius 3 is 2.44 bits per heavy atom. The van der Waals surface area contributed by atoms with E-state index in [1.54, 1.807) is 19.1 Å². The van der Waals surface area contributed by atoms with E-state index in [4.69, 9.17) is 9.57 Å². The van der Waals surface area contributed by atoms with Crippen molar-refractivity contribution in [2.24, 2.45) is 40.9 Å². The molecular formula is C40H58N4O6. The Kier molecular flexibility index (Phi) is 10.2. The van der Waals surface area contributed by atoms with Crippen LogP contribution in [0.25, 0.3) is 11.1 Å². The number of rotatable bonds is 14. The van der Waals surface area contributed by atoms with Crippen LogP contribution in [0.4, 0.5) is 0 Å². The van der Waals surface area contributed by atoms with Gasteiger partial charge in [0.15, 0.2) is 0 Å². The number of nitrogens with one attached hydrogen (secondary N) is 2. The van der Waals surface area contributed by atoms with Crippen molar-refractivity contribution in [1.29, 1.82) is 0 Å². The van der Waals surface area contributed by atoms with Gasteiger partial charge in [-0.25, -0.2) is 0 Å². The molecule has 274 valence electrons. The number of nitrogens with zero attached hydrogens (tertiary/aromatic N) is 2. The van der Waals surface area contributed by atoms with Gasteiger partial charge in [0.25, 0.3) is 5.91 Å². The van der Waals surface area contributed by atoms with Crippen molar-refractivity contribution in [2.75, 3.05) is 34.4 Å². The van der Waals surface area contributed by atoms with Crippen LogP contribution in [0.1, 0.15) is 70.3 Å². The minimum absolute atomic E-state index is 0.0256. The number of ether oxygens (including phenoxy) is 1. The molecule has 2 aromatic carbocycles. The number of hydroxylamine groups is 2. The number of amides is 2. The molecule has 2 aromatic rings. The molecule has 1 unspecified atom stereocenters. The van der Waals surface area contributed by atoms with Crippen molar-refractivity contribution in [3.8, 4) is 16.9 Å². The Bertz CT molecular complexity index is 1560. The highest BCUT2D eigenvalue weighted by Gasteiger charge is 2.83. The van der Waals surface area contributed by atoms with Gasteiger partial charge in [0.05, 0.1) is 26.4 Å². The lowest BCUT2D eigenvalue weighted by Crippen LogP contribution is -2.90. The van der Waals surface area contributed by atoms with E-state index in [1.165, 1.54) is 0 Å². The maximum atomic E-state index is 14.3. The Morgan fingerprint density at radius 1 is 1.12 bits per heavy atom. The molecule has 3 saturated carbocycles. The molecule has 1 aliphatic heterocycles. The predicted molar refractivity (Wildman–Crippen MR) is 193 cm³/mol. The molecule has 0 spiro atoms. The standard InChI is InChI=1S/C40H58N4O6/c1-22(2)16-28(20-43(7)8)41-37(47)26-13-10-12-25(17-26)29-15-11-14-27(36(29)49-9)19-44-35(32(24(4)46)31(21-45)50-44)38(48)42-40-18-30-34(40)33(23(40)3)39(30,5)6/h10-15,17,22-24,28,30-35,45-46H,16,18-21H2,1-9H3,(H,41,47)(H,42,48)/t23-,24-,28-,30-,31-,32-,33+,34?,35-,40+/m0/s1. The number of benzene rings is 2. The number of carbonyl (C=O) groups is 2. The average molecular weight is 691 g/mol. The first-order chi connectivity index (χ1) is 23.6. The fourth-order valence-electron chi connectivity index (χ4n) is 10.4. The van der Waals surface area contributed by atoms with Crippen LogP contribution in [0, 0.1) is 40.9 Å². The van der Waals surface area contributed by atoms with Gasteiger partial charge in [-0.1, -0.05) is 65.0 Å². The first-order valence-corrected chi connectivity index (χ1v) is 18.4. The predicted octanol–water partition coefficient (Wildman–Crippen LogP) is 4.34. The monoisotopic (exact) mass is 690 g/mol. The number of methoxy groups -OCH3 is 1. The largest absolute Gasteiger partial charge is 0.496 e. The first-order valence-electron chi connectivity index (χ1n) is 18.4. The van der Waals surface area contributed by atoms with E-state index in [0.29, 0.717) is 46.3 Å². The van der Waals surface area contributed by atoms with Crippen LogP contribution >= 0.6 is 0 Å². The SMILES string of the molecule is COc1c(CN2O[C@@H](CO)[C@H]([C@H](C)O)[C@H]2C(=O)N[C@@]23C[C@H]4C2[C@@H]([C@@H]3C)C4(C)C)cccc1-c1cccc(C(=O)N[C@@H](CC(C)C)CN(C)C)c1. The lowest BCUT2D eigenvalue weighted by molar-refractivity contribution is -0.349. The second-order valence-corrected chi connectivity index (χ2v) is 16.8. The van der Waals surface area contributed by atoms with Gasteiger partial charge in [0.1, 0.15) is 17.9 Å². The van der Waals surface area contributed by atoms with E-state index in [2.05, 4.69) is 50.2 Å². The summed E-state index contributed by atoms with van der Waals surface area (Å²) < 4.78 is 6.01. The summed E-state index contributed by atoms with van der Waals surface area (Å²) in [7, 11) is 5.63. The van der Waals surface area contributed by atoms with Crippen molar-refractivity contribution < 1.29 is 29.4 Å². The molecule has 6 rings (SSSR count). The van der Waals surface area contributed by atoms with Gasteiger partial charge in [-0.3, -0.25) is 14.4 Å². The maximum Gasteiger partial charge on any atom is 0.251 e. The van der Waals surface area contributed by atoms with E-state index >= 15 is 0 Å². The summed E-state index contributed by atoms with van der Waals surface area (Å²) in [6.07, 6.45) is 0.242. The Labute approximate surface area is 297 Å². The normalized spacial score (nSPS) is 32.0. The van der Waals surface area contributed by atoms with Crippen molar-refractivity contribution in [3.63, 3.8) is 0 Å². The van der Waals surface area contributed by atoms with Crippen LogP contribution < -0.4 is 15.4 Å². The van der Waals surface area contributed by atoms with Gasteiger partial charge in [-0.15, -0.1) is 0 Å². The zero-order valence-electron chi connectivity index (χ0n) is 31.3. The van der Waals surface area contributed by atoms with Gasteiger partial charge in [0.2, 0.25) is 5.91 Å². The minimum Gasteiger partial charge on any atom is -0.496 e. The van der Waals surface area contributed by atoms with Crippen LogP contribution in [0.3, 0.4) is 0 Å². The number of likely N-dealkylation sites (N-methyl/N-ethyl adjacent to an activating group) is 1. The number of hydrogen-bond acceptors (Lipinski definition) is 8. The summed E-state index contributed by atoms with van der Waals surface area (Å²) in [5, 5.41) is 29.5. The van der Waals surface area contributed by atoms with Gasteiger partial charge >= 0.3 is 0 Å². The van der Waals surface area contributed by atoms with Crippen LogP contribution in [0.5, 0.6) is 5.75 Å². The Balaban J connectivity index is 1.24. The third-order valence-corrected chi connectivity index (χ3v) is 12.6. The highest BCUT2D eigenvalue weighted by molar-refractivity contribution is 5.96. The third-order valence-electron chi connectivity index (χ3n) is 12.6. The molecule has 0 aromatic heterocycles. The Hall–Kier alpha value is -3.02. The van der Waals surface area contributed by atoms with Gasteiger partial charge in [-0.2, -0.15) is 5.06 Å². The maximum absolute atomic E-state index is 14.3. The Morgan fingerprint density at radius 2 is 1.84 bits per heavy atom. The third kappa shape index (κ3) is 6.15. The molecule has 10 atom stereocenters. The molecule has 0 bridgehead atoms. The molecule has 4 fully saturated rings. The number of carbonyl (C=O) groups excluding carboxylic acids is 2. The summed E-state index contributed by atoms with van der Waals surface area (Å²) in [5.74, 6) is 2.28. The fraction of sp³-hybridized carbons (Fsp3) is 0.650. The van der Waals surface area contributed by atoms with Crippen LogP contribution in [-0.2, 0) is 16.2 Å². The molecule has 1 heterocycles. The average Bonchev–Trinajstić information content (AvgIpc) is 3.42. The summed E-state index contributed by atoms with van der Waals surface area (Å²) in [6, 6.07) is 12.6. The summed E-state index contributed by atoms with van der Waals surface area (Å²) >= 11 is 0.